The summed E-state index contributed by atoms with van der Waals surface area (Å²) in [6.45, 7) is 4.09. The zero-order valence-electron chi connectivity index (χ0n) is 17.5. The number of amides is 1. The number of nitrogens with one attached hydrogen (secondary N) is 1. The normalized spacial score (nSPS) is 12.3. The summed E-state index contributed by atoms with van der Waals surface area (Å²) in [7, 11) is -3.97. The molecule has 1 heterocycles. The molecule has 1 N–H and O–H groups in total. The fourth-order valence-corrected chi connectivity index (χ4v) is 5.01. The van der Waals surface area contributed by atoms with Crippen LogP contribution in [0, 0.1) is 0 Å². The minimum atomic E-state index is -3.97. The van der Waals surface area contributed by atoms with Crippen LogP contribution in [0.1, 0.15) is 15.9 Å². The number of ether oxygens (including phenoxy) is 2. The second-order valence-corrected chi connectivity index (χ2v) is 9.44. The molecule has 0 atom stereocenters. The molecule has 3 aromatic rings. The number of halogens is 1. The van der Waals surface area contributed by atoms with Crippen LogP contribution in [0.25, 0.3) is 0 Å². The average Bonchev–Trinajstić information content (AvgIpc) is 3.29. The third-order valence-corrected chi connectivity index (χ3v) is 7.12. The Morgan fingerprint density at radius 3 is 2.58 bits per heavy atom. The molecule has 0 saturated carbocycles. The van der Waals surface area contributed by atoms with Crippen molar-refractivity contribution in [1.29, 1.82) is 0 Å². The zero-order valence-corrected chi connectivity index (χ0v) is 19.1. The number of benzene rings is 3. The van der Waals surface area contributed by atoms with E-state index in [1.165, 1.54) is 28.6 Å². The van der Waals surface area contributed by atoms with Crippen LogP contribution in [0.3, 0.4) is 0 Å². The molecule has 0 spiro atoms. The van der Waals surface area contributed by atoms with Crippen LogP contribution in [-0.4, -0.2) is 27.7 Å². The molecule has 0 aromatic heterocycles. The van der Waals surface area contributed by atoms with Gasteiger partial charge in [-0.2, -0.15) is 0 Å². The van der Waals surface area contributed by atoms with Crippen molar-refractivity contribution in [1.82, 2.24) is 5.32 Å². The van der Waals surface area contributed by atoms with Gasteiger partial charge < -0.3 is 14.8 Å². The number of carbonyl (C=O) groups excluding carboxylic acids is 1. The molecule has 0 bridgehead atoms. The third-order valence-electron chi connectivity index (χ3n) is 5.00. The summed E-state index contributed by atoms with van der Waals surface area (Å²) >= 11 is 6.24. The lowest BCUT2D eigenvalue weighted by Crippen LogP contribution is -2.31. The standard InChI is InChI=1S/C24H21ClN2O5S/c1-2-12-27(18-6-4-3-5-7-18)33(29,30)19-9-10-21(25)20(14-19)24(28)26-15-17-8-11-22-23(13-17)32-16-31-22/h2-11,13-14H,1,12,15-16H2,(H,26,28). The molecule has 7 nitrogen and oxygen atoms in total. The molecule has 1 aliphatic rings. The Hall–Kier alpha value is -3.49. The lowest BCUT2D eigenvalue weighted by molar-refractivity contribution is 0.0950. The highest BCUT2D eigenvalue weighted by atomic mass is 35.5. The van der Waals surface area contributed by atoms with Gasteiger partial charge in [-0.05, 0) is 48.0 Å². The first-order chi connectivity index (χ1) is 15.9. The van der Waals surface area contributed by atoms with Crippen molar-refractivity contribution >= 4 is 33.2 Å². The quantitative estimate of drug-likeness (QED) is 0.479. The van der Waals surface area contributed by atoms with E-state index in [9.17, 15) is 13.2 Å². The van der Waals surface area contributed by atoms with E-state index >= 15 is 0 Å². The Bertz CT molecular complexity index is 1300. The fourth-order valence-electron chi connectivity index (χ4n) is 3.35. The van der Waals surface area contributed by atoms with Crippen molar-refractivity contribution in [3.05, 3.63) is 95.5 Å². The van der Waals surface area contributed by atoms with Gasteiger partial charge >= 0.3 is 0 Å². The van der Waals surface area contributed by atoms with Crippen LogP contribution in [-0.2, 0) is 16.6 Å². The predicted molar refractivity (Wildman–Crippen MR) is 126 cm³/mol. The van der Waals surface area contributed by atoms with Crippen LogP contribution in [0.5, 0.6) is 11.5 Å². The van der Waals surface area contributed by atoms with Crippen molar-refractivity contribution in [3.63, 3.8) is 0 Å². The molecule has 170 valence electrons. The maximum Gasteiger partial charge on any atom is 0.264 e. The summed E-state index contributed by atoms with van der Waals surface area (Å²) in [4.78, 5) is 12.8. The van der Waals surface area contributed by atoms with Crippen LogP contribution in [0.2, 0.25) is 5.02 Å². The minimum Gasteiger partial charge on any atom is -0.454 e. The van der Waals surface area contributed by atoms with Gasteiger partial charge in [0.15, 0.2) is 11.5 Å². The van der Waals surface area contributed by atoms with Crippen LogP contribution >= 0.6 is 11.6 Å². The molecule has 33 heavy (non-hydrogen) atoms. The van der Waals surface area contributed by atoms with Crippen molar-refractivity contribution in [2.75, 3.05) is 17.6 Å². The zero-order chi connectivity index (χ0) is 23.4. The topological polar surface area (TPSA) is 84.9 Å². The number of nitrogens with zero attached hydrogens (tertiary/aromatic N) is 1. The molecule has 0 saturated heterocycles. The number of fused-ring (bicyclic) bond motifs is 1. The first kappa shape index (κ1) is 22.7. The van der Waals surface area contributed by atoms with Gasteiger partial charge in [-0.3, -0.25) is 9.10 Å². The summed E-state index contributed by atoms with van der Waals surface area (Å²) in [5.41, 5.74) is 1.35. The average molecular weight is 485 g/mol. The van der Waals surface area contributed by atoms with E-state index < -0.39 is 15.9 Å². The monoisotopic (exact) mass is 484 g/mol. The van der Waals surface area contributed by atoms with Gasteiger partial charge in [-0.15, -0.1) is 6.58 Å². The van der Waals surface area contributed by atoms with E-state index in [4.69, 9.17) is 21.1 Å². The molecular formula is C24H21ClN2O5S. The summed E-state index contributed by atoms with van der Waals surface area (Å²) < 4.78 is 38.6. The molecule has 1 aliphatic heterocycles. The molecular weight excluding hydrogens is 464 g/mol. The number of para-hydroxylation sites is 1. The van der Waals surface area contributed by atoms with Gasteiger partial charge in [0, 0.05) is 6.54 Å². The van der Waals surface area contributed by atoms with E-state index in [-0.39, 0.29) is 35.4 Å². The molecule has 0 unspecified atom stereocenters. The van der Waals surface area contributed by atoms with Gasteiger partial charge in [-0.1, -0.05) is 41.9 Å². The first-order valence-electron chi connectivity index (χ1n) is 10.0. The van der Waals surface area contributed by atoms with Crippen molar-refractivity contribution in [3.8, 4) is 11.5 Å². The largest absolute Gasteiger partial charge is 0.454 e. The summed E-state index contributed by atoms with van der Waals surface area (Å²) in [6, 6.07) is 18.1. The molecule has 9 heteroatoms. The van der Waals surface area contributed by atoms with E-state index in [2.05, 4.69) is 11.9 Å². The number of sulfonamides is 1. The van der Waals surface area contributed by atoms with Crippen molar-refractivity contribution in [2.24, 2.45) is 0 Å². The Morgan fingerprint density at radius 1 is 1.06 bits per heavy atom. The Labute approximate surface area is 197 Å². The summed E-state index contributed by atoms with van der Waals surface area (Å²) in [5.74, 6) is 0.759. The molecule has 3 aromatic carbocycles. The lowest BCUT2D eigenvalue weighted by Gasteiger charge is -2.23. The molecule has 0 aliphatic carbocycles. The Balaban J connectivity index is 1.57. The van der Waals surface area contributed by atoms with Gasteiger partial charge in [-0.25, -0.2) is 8.42 Å². The van der Waals surface area contributed by atoms with Gasteiger partial charge in [0.1, 0.15) is 0 Å². The van der Waals surface area contributed by atoms with Gasteiger partial charge in [0.2, 0.25) is 6.79 Å². The second kappa shape index (κ2) is 9.56. The number of anilines is 1. The fraction of sp³-hybridized carbons (Fsp3) is 0.125. The van der Waals surface area contributed by atoms with E-state index in [1.54, 1.807) is 42.5 Å². The highest BCUT2D eigenvalue weighted by Crippen LogP contribution is 2.32. The van der Waals surface area contributed by atoms with E-state index in [1.807, 2.05) is 6.07 Å². The molecule has 0 radical (unpaired) electrons. The maximum absolute atomic E-state index is 13.4. The maximum atomic E-state index is 13.4. The number of hydrogen-bond acceptors (Lipinski definition) is 5. The SMILES string of the molecule is C=CCN(c1ccccc1)S(=O)(=O)c1ccc(Cl)c(C(=O)NCc2ccc3c(c2)OCO3)c1. The third kappa shape index (κ3) is 4.81. The van der Waals surface area contributed by atoms with E-state index in [0.29, 0.717) is 17.2 Å². The van der Waals surface area contributed by atoms with Crippen LogP contribution < -0.4 is 19.1 Å². The van der Waals surface area contributed by atoms with Crippen LogP contribution in [0.15, 0.2) is 84.3 Å². The van der Waals surface area contributed by atoms with Crippen LogP contribution in [0.4, 0.5) is 5.69 Å². The van der Waals surface area contributed by atoms with Gasteiger partial charge in [0.25, 0.3) is 15.9 Å². The molecule has 0 fully saturated rings. The predicted octanol–water partition coefficient (Wildman–Crippen LogP) is 4.38. The minimum absolute atomic E-state index is 0.0502. The van der Waals surface area contributed by atoms with Crippen molar-refractivity contribution < 1.29 is 22.7 Å². The summed E-state index contributed by atoms with van der Waals surface area (Å²) in [5, 5.41) is 2.91. The van der Waals surface area contributed by atoms with E-state index in [0.717, 1.165) is 5.56 Å². The highest BCUT2D eigenvalue weighted by Gasteiger charge is 2.26. The Kier molecular flexibility index (Phi) is 6.57. The Morgan fingerprint density at radius 2 is 1.82 bits per heavy atom. The summed E-state index contributed by atoms with van der Waals surface area (Å²) in [6.07, 6.45) is 1.50. The number of hydrogen-bond donors (Lipinski definition) is 1. The van der Waals surface area contributed by atoms with Crippen molar-refractivity contribution in [2.45, 2.75) is 11.4 Å². The molecule has 1 amide bonds. The van der Waals surface area contributed by atoms with Gasteiger partial charge in [0.05, 0.1) is 27.7 Å². The lowest BCUT2D eigenvalue weighted by atomic mass is 10.1. The molecule has 4 rings (SSSR count). The number of rotatable bonds is 8. The highest BCUT2D eigenvalue weighted by molar-refractivity contribution is 7.92. The smallest absolute Gasteiger partial charge is 0.264 e. The number of carbonyl (C=O) groups is 1. The second-order valence-electron chi connectivity index (χ2n) is 7.17. The first-order valence-corrected chi connectivity index (χ1v) is 11.9.